The molecule has 0 bridgehead atoms. The molecule has 18 heavy (non-hydrogen) atoms. The summed E-state index contributed by atoms with van der Waals surface area (Å²) < 4.78 is 9.84. The van der Waals surface area contributed by atoms with Gasteiger partial charge in [0.1, 0.15) is 0 Å². The Balaban J connectivity index is 3.21. The molecule has 0 aliphatic rings. The van der Waals surface area contributed by atoms with Gasteiger partial charge in [-0.3, -0.25) is 0 Å². The Morgan fingerprint density at radius 1 is 1.17 bits per heavy atom. The van der Waals surface area contributed by atoms with Crippen molar-refractivity contribution in [1.29, 1.82) is 0 Å². The van der Waals surface area contributed by atoms with Gasteiger partial charge in [0.15, 0.2) is 0 Å². The molecule has 0 aromatic heterocycles. The minimum Gasteiger partial charge on any atom is -0.463 e. The van der Waals surface area contributed by atoms with Crippen molar-refractivity contribution in [1.82, 2.24) is 0 Å². The third-order valence-corrected chi connectivity index (χ3v) is 4.28. The first kappa shape index (κ1) is 16.6. The second-order valence-corrected chi connectivity index (χ2v) is 6.18. The number of carbonyl (C=O) groups excluding carboxylic acids is 2. The minimum atomic E-state index is -0.358. The summed E-state index contributed by atoms with van der Waals surface area (Å²) >= 11 is 0. The van der Waals surface area contributed by atoms with E-state index < -0.39 is 0 Å². The van der Waals surface area contributed by atoms with E-state index in [0.29, 0.717) is 18.8 Å². The molecular formula is C13H22O4Si. The lowest BCUT2D eigenvalue weighted by molar-refractivity contribution is -0.139. The molecule has 5 heteroatoms. The lowest BCUT2D eigenvalue weighted by Crippen LogP contribution is -2.07. The summed E-state index contributed by atoms with van der Waals surface area (Å²) in [6.07, 6.45) is 3.00. The first-order valence-corrected chi connectivity index (χ1v) is 8.19. The molecule has 0 radical (unpaired) electrons. The van der Waals surface area contributed by atoms with Gasteiger partial charge in [0, 0.05) is 21.2 Å². The fraction of sp³-hybridized carbons (Fsp3) is 0.538. The van der Waals surface area contributed by atoms with Crippen LogP contribution in [0.25, 0.3) is 0 Å². The lowest BCUT2D eigenvalue weighted by Gasteiger charge is -2.04. The normalized spacial score (nSPS) is 10.3. The standard InChI is InChI=1S/C13H22O4Si/c1-4-12(14)16-7-5-9-18-10-6-8-17-13(15)11(2)3/h4H,1-2,5-10,18H2,3H3. The Bertz CT molecular complexity index is 299. The quantitative estimate of drug-likeness (QED) is 0.262. The maximum atomic E-state index is 11.0. The predicted molar refractivity (Wildman–Crippen MR) is 74.3 cm³/mol. The number of esters is 2. The van der Waals surface area contributed by atoms with Crippen LogP contribution < -0.4 is 0 Å². The molecule has 0 aromatic rings. The van der Waals surface area contributed by atoms with E-state index in [1.165, 1.54) is 6.08 Å². The van der Waals surface area contributed by atoms with Crippen molar-refractivity contribution in [2.45, 2.75) is 31.9 Å². The average Bonchev–Trinajstić information content (AvgIpc) is 2.35. The molecule has 0 aromatic carbocycles. The minimum absolute atomic E-state index is 0.135. The van der Waals surface area contributed by atoms with Crippen LogP contribution in [0.4, 0.5) is 0 Å². The Morgan fingerprint density at radius 2 is 1.72 bits per heavy atom. The second kappa shape index (κ2) is 10.8. The summed E-state index contributed by atoms with van der Waals surface area (Å²) in [6, 6.07) is 2.28. The topological polar surface area (TPSA) is 52.6 Å². The molecule has 102 valence electrons. The van der Waals surface area contributed by atoms with Gasteiger partial charge in [0.05, 0.1) is 13.2 Å². The van der Waals surface area contributed by atoms with Crippen LogP contribution in [0.2, 0.25) is 12.1 Å². The van der Waals surface area contributed by atoms with E-state index >= 15 is 0 Å². The molecule has 0 aliphatic heterocycles. The van der Waals surface area contributed by atoms with Crippen molar-refractivity contribution in [2.24, 2.45) is 0 Å². The highest BCUT2D eigenvalue weighted by Crippen LogP contribution is 1.99. The molecule has 0 amide bonds. The Hall–Kier alpha value is -1.36. The molecule has 0 rings (SSSR count). The highest BCUT2D eigenvalue weighted by molar-refractivity contribution is 6.35. The lowest BCUT2D eigenvalue weighted by atomic mass is 10.4. The molecule has 0 saturated heterocycles. The fourth-order valence-electron chi connectivity index (χ4n) is 1.25. The maximum Gasteiger partial charge on any atom is 0.333 e. The van der Waals surface area contributed by atoms with Gasteiger partial charge in [0.25, 0.3) is 0 Å². The molecule has 0 N–H and O–H groups in total. The number of hydrogen-bond acceptors (Lipinski definition) is 4. The van der Waals surface area contributed by atoms with Gasteiger partial charge in [-0.25, -0.2) is 9.59 Å². The number of carbonyl (C=O) groups is 2. The maximum absolute atomic E-state index is 11.0. The monoisotopic (exact) mass is 270 g/mol. The van der Waals surface area contributed by atoms with E-state index in [1.54, 1.807) is 6.92 Å². The van der Waals surface area contributed by atoms with Crippen LogP contribution in [-0.4, -0.2) is 34.7 Å². The molecule has 0 fully saturated rings. The molecule has 0 aliphatic carbocycles. The van der Waals surface area contributed by atoms with Gasteiger partial charge in [-0.2, -0.15) is 0 Å². The van der Waals surface area contributed by atoms with Crippen LogP contribution in [0.3, 0.4) is 0 Å². The van der Waals surface area contributed by atoms with E-state index in [1.807, 2.05) is 0 Å². The van der Waals surface area contributed by atoms with E-state index in [9.17, 15) is 9.59 Å². The van der Waals surface area contributed by atoms with Crippen molar-refractivity contribution in [3.63, 3.8) is 0 Å². The molecule has 0 unspecified atom stereocenters. The zero-order valence-corrected chi connectivity index (χ0v) is 12.5. The van der Waals surface area contributed by atoms with Gasteiger partial charge in [-0.05, 0) is 19.8 Å². The van der Waals surface area contributed by atoms with E-state index in [2.05, 4.69) is 13.2 Å². The third-order valence-electron chi connectivity index (χ3n) is 2.28. The zero-order chi connectivity index (χ0) is 13.8. The summed E-state index contributed by atoms with van der Waals surface area (Å²) in [4.78, 5) is 21.8. The summed E-state index contributed by atoms with van der Waals surface area (Å²) in [5.74, 6) is -0.670. The fourth-order valence-corrected chi connectivity index (χ4v) is 2.72. The molecule has 0 atom stereocenters. The number of ether oxygens (including phenoxy) is 2. The van der Waals surface area contributed by atoms with Crippen molar-refractivity contribution >= 4 is 21.5 Å². The highest BCUT2D eigenvalue weighted by atomic mass is 28.2. The summed E-state index contributed by atoms with van der Waals surface area (Å²) in [6.45, 7) is 9.42. The van der Waals surface area contributed by atoms with Gasteiger partial charge in [0.2, 0.25) is 0 Å². The van der Waals surface area contributed by atoms with Crippen LogP contribution >= 0.6 is 0 Å². The molecule has 0 spiro atoms. The first-order chi connectivity index (χ1) is 8.57. The highest BCUT2D eigenvalue weighted by Gasteiger charge is 2.01. The molecule has 4 nitrogen and oxygen atoms in total. The van der Waals surface area contributed by atoms with Crippen LogP contribution in [0.1, 0.15) is 19.8 Å². The van der Waals surface area contributed by atoms with Gasteiger partial charge < -0.3 is 9.47 Å². The summed E-state index contributed by atoms with van der Waals surface area (Å²) in [5.41, 5.74) is 0.441. The van der Waals surface area contributed by atoms with Crippen molar-refractivity contribution < 1.29 is 19.1 Å². The van der Waals surface area contributed by atoms with Crippen molar-refractivity contribution in [3.8, 4) is 0 Å². The number of rotatable bonds is 10. The number of hydrogen-bond donors (Lipinski definition) is 0. The van der Waals surface area contributed by atoms with Crippen LogP contribution in [0.5, 0.6) is 0 Å². The Kier molecular flexibility index (Phi) is 9.95. The van der Waals surface area contributed by atoms with Crippen molar-refractivity contribution in [2.75, 3.05) is 13.2 Å². The summed E-state index contributed by atoms with van der Waals surface area (Å²) in [5, 5.41) is 0. The van der Waals surface area contributed by atoms with Gasteiger partial charge in [-0.1, -0.05) is 25.2 Å². The Labute approximate surface area is 111 Å². The second-order valence-electron chi connectivity index (χ2n) is 4.06. The molecule has 0 heterocycles. The van der Waals surface area contributed by atoms with Gasteiger partial charge >= 0.3 is 11.9 Å². The Morgan fingerprint density at radius 3 is 2.22 bits per heavy atom. The van der Waals surface area contributed by atoms with E-state index in [4.69, 9.17) is 9.47 Å². The zero-order valence-electron chi connectivity index (χ0n) is 11.1. The average molecular weight is 270 g/mol. The van der Waals surface area contributed by atoms with Crippen molar-refractivity contribution in [3.05, 3.63) is 24.8 Å². The predicted octanol–water partition coefficient (Wildman–Crippen LogP) is 1.62. The smallest absolute Gasteiger partial charge is 0.333 e. The largest absolute Gasteiger partial charge is 0.463 e. The van der Waals surface area contributed by atoms with E-state index in [-0.39, 0.29) is 21.5 Å². The van der Waals surface area contributed by atoms with Crippen LogP contribution in [0.15, 0.2) is 24.8 Å². The molecular weight excluding hydrogens is 248 g/mol. The van der Waals surface area contributed by atoms with E-state index in [0.717, 1.165) is 24.9 Å². The SMILES string of the molecule is C=CC(=O)OCCC[SiH2]CCCOC(=O)C(=C)C. The first-order valence-electron chi connectivity index (χ1n) is 6.19. The van der Waals surface area contributed by atoms with Gasteiger partial charge in [-0.15, -0.1) is 0 Å². The van der Waals surface area contributed by atoms with Crippen LogP contribution in [0, 0.1) is 0 Å². The summed E-state index contributed by atoms with van der Waals surface area (Å²) in [7, 11) is -0.135. The third kappa shape index (κ3) is 9.83. The molecule has 0 saturated carbocycles. The van der Waals surface area contributed by atoms with Crippen LogP contribution in [-0.2, 0) is 19.1 Å².